The molecule has 3 heterocycles. The highest BCUT2D eigenvalue weighted by molar-refractivity contribution is 5.79. The SMILES string of the molecule is c1coc(CCNC(=NCCN2CCOCC2)NCCc2ccc3c(c2)OCO3)c1. The molecule has 1 fully saturated rings. The normalized spacial score (nSPS) is 16.6. The third-order valence-electron chi connectivity index (χ3n) is 5.18. The molecule has 8 heteroatoms. The number of guanidine groups is 1. The fraction of sp³-hybridized carbons (Fsp3) is 0.500. The van der Waals surface area contributed by atoms with E-state index in [4.69, 9.17) is 23.6 Å². The molecule has 4 rings (SSSR count). The number of fused-ring (bicyclic) bond motifs is 1. The van der Waals surface area contributed by atoms with Gasteiger partial charge in [-0.1, -0.05) is 6.07 Å². The molecule has 0 saturated carbocycles. The van der Waals surface area contributed by atoms with Crippen LogP contribution >= 0.6 is 0 Å². The van der Waals surface area contributed by atoms with Gasteiger partial charge in [-0.25, -0.2) is 0 Å². The first kappa shape index (κ1) is 20.6. The average molecular weight is 415 g/mol. The molecule has 1 aromatic carbocycles. The van der Waals surface area contributed by atoms with E-state index >= 15 is 0 Å². The molecule has 1 saturated heterocycles. The van der Waals surface area contributed by atoms with Gasteiger partial charge in [-0.3, -0.25) is 9.89 Å². The highest BCUT2D eigenvalue weighted by Gasteiger charge is 2.13. The Morgan fingerprint density at radius 1 is 1.00 bits per heavy atom. The molecule has 0 bridgehead atoms. The monoisotopic (exact) mass is 414 g/mol. The lowest BCUT2D eigenvalue weighted by atomic mass is 10.1. The Kier molecular flexibility index (Phi) is 7.46. The molecule has 0 aliphatic carbocycles. The first-order valence-electron chi connectivity index (χ1n) is 10.6. The molecule has 0 unspecified atom stereocenters. The first-order chi connectivity index (χ1) is 14.9. The smallest absolute Gasteiger partial charge is 0.231 e. The van der Waals surface area contributed by atoms with Crippen molar-refractivity contribution in [3.63, 3.8) is 0 Å². The summed E-state index contributed by atoms with van der Waals surface area (Å²) in [6.45, 7) is 7.12. The van der Waals surface area contributed by atoms with E-state index in [1.54, 1.807) is 6.26 Å². The Morgan fingerprint density at radius 3 is 2.67 bits per heavy atom. The number of benzene rings is 1. The molecule has 0 amide bonds. The zero-order chi connectivity index (χ0) is 20.4. The van der Waals surface area contributed by atoms with Crippen LogP contribution in [0.3, 0.4) is 0 Å². The maximum absolute atomic E-state index is 5.46. The van der Waals surface area contributed by atoms with Gasteiger partial charge in [0, 0.05) is 39.1 Å². The molecule has 162 valence electrons. The molecule has 0 spiro atoms. The topological polar surface area (TPSA) is 80.5 Å². The van der Waals surface area contributed by atoms with E-state index in [1.807, 2.05) is 24.3 Å². The van der Waals surface area contributed by atoms with E-state index in [0.717, 1.165) is 88.5 Å². The maximum atomic E-state index is 5.46. The van der Waals surface area contributed by atoms with Gasteiger partial charge in [0.25, 0.3) is 0 Å². The fourth-order valence-corrected chi connectivity index (χ4v) is 3.48. The summed E-state index contributed by atoms with van der Waals surface area (Å²) in [4.78, 5) is 7.15. The van der Waals surface area contributed by atoms with Crippen LogP contribution in [0.25, 0.3) is 0 Å². The van der Waals surface area contributed by atoms with Crippen LogP contribution in [-0.2, 0) is 17.6 Å². The molecular weight excluding hydrogens is 384 g/mol. The van der Waals surface area contributed by atoms with Crippen molar-refractivity contribution >= 4 is 5.96 Å². The molecule has 0 radical (unpaired) electrons. The quantitative estimate of drug-likeness (QED) is 0.477. The van der Waals surface area contributed by atoms with Gasteiger partial charge in [0.15, 0.2) is 17.5 Å². The summed E-state index contributed by atoms with van der Waals surface area (Å²) in [5.41, 5.74) is 1.20. The lowest BCUT2D eigenvalue weighted by Gasteiger charge is -2.25. The van der Waals surface area contributed by atoms with Crippen molar-refractivity contribution in [2.75, 3.05) is 59.3 Å². The Balaban J connectivity index is 1.26. The number of furan rings is 1. The molecule has 30 heavy (non-hydrogen) atoms. The molecule has 2 aliphatic heterocycles. The van der Waals surface area contributed by atoms with Gasteiger partial charge in [-0.15, -0.1) is 0 Å². The van der Waals surface area contributed by atoms with Gasteiger partial charge in [0.05, 0.1) is 26.0 Å². The van der Waals surface area contributed by atoms with Crippen LogP contribution in [-0.4, -0.2) is 70.1 Å². The maximum Gasteiger partial charge on any atom is 0.231 e. The molecule has 2 N–H and O–H groups in total. The van der Waals surface area contributed by atoms with E-state index in [-0.39, 0.29) is 0 Å². The van der Waals surface area contributed by atoms with Gasteiger partial charge in [0.1, 0.15) is 5.76 Å². The second kappa shape index (κ2) is 10.9. The number of nitrogens with zero attached hydrogens (tertiary/aromatic N) is 2. The van der Waals surface area contributed by atoms with Crippen LogP contribution in [0, 0.1) is 0 Å². The molecule has 0 atom stereocenters. The summed E-state index contributed by atoms with van der Waals surface area (Å²) in [5, 5.41) is 6.86. The predicted molar refractivity (Wildman–Crippen MR) is 114 cm³/mol. The third kappa shape index (κ3) is 6.14. The molecule has 2 aromatic rings. The van der Waals surface area contributed by atoms with Crippen LogP contribution in [0.15, 0.2) is 46.0 Å². The number of hydrogen-bond acceptors (Lipinski definition) is 6. The van der Waals surface area contributed by atoms with E-state index in [2.05, 4.69) is 21.6 Å². The van der Waals surface area contributed by atoms with Crippen molar-refractivity contribution in [3.05, 3.63) is 47.9 Å². The first-order valence-corrected chi connectivity index (χ1v) is 10.6. The largest absolute Gasteiger partial charge is 0.469 e. The second-order valence-electron chi connectivity index (χ2n) is 7.30. The summed E-state index contributed by atoms with van der Waals surface area (Å²) in [6.07, 6.45) is 3.40. The zero-order valence-electron chi connectivity index (χ0n) is 17.3. The number of morpholine rings is 1. The lowest BCUT2D eigenvalue weighted by molar-refractivity contribution is 0.0394. The van der Waals surface area contributed by atoms with Crippen LogP contribution in [0.4, 0.5) is 0 Å². The summed E-state index contributed by atoms with van der Waals surface area (Å²) >= 11 is 0. The van der Waals surface area contributed by atoms with Gasteiger partial charge in [-0.05, 0) is 36.2 Å². The minimum Gasteiger partial charge on any atom is -0.469 e. The average Bonchev–Trinajstić information content (AvgIpc) is 3.46. The minimum atomic E-state index is 0.302. The Morgan fingerprint density at radius 2 is 1.83 bits per heavy atom. The van der Waals surface area contributed by atoms with Crippen molar-refractivity contribution in [2.45, 2.75) is 12.8 Å². The van der Waals surface area contributed by atoms with Crippen LogP contribution in [0.1, 0.15) is 11.3 Å². The third-order valence-corrected chi connectivity index (χ3v) is 5.18. The zero-order valence-corrected chi connectivity index (χ0v) is 17.3. The second-order valence-corrected chi connectivity index (χ2v) is 7.30. The lowest BCUT2D eigenvalue weighted by Crippen LogP contribution is -2.41. The summed E-state index contributed by atoms with van der Waals surface area (Å²) < 4.78 is 21.7. The van der Waals surface area contributed by atoms with Crippen molar-refractivity contribution in [2.24, 2.45) is 4.99 Å². The fourth-order valence-electron chi connectivity index (χ4n) is 3.48. The van der Waals surface area contributed by atoms with Gasteiger partial charge < -0.3 is 29.3 Å². The van der Waals surface area contributed by atoms with E-state index < -0.39 is 0 Å². The Bertz CT molecular complexity index is 803. The number of aliphatic imine (C=N–C) groups is 1. The standard InChI is InChI=1S/C22H30N4O4/c1-2-19(28-13-1)6-8-24-22(25-9-10-26-11-14-27-15-12-26)23-7-5-18-3-4-20-21(16-18)30-17-29-20/h1-4,13,16H,5-12,14-15,17H2,(H2,23,24,25). The van der Waals surface area contributed by atoms with E-state index in [1.165, 1.54) is 5.56 Å². The van der Waals surface area contributed by atoms with Crippen LogP contribution in [0.5, 0.6) is 11.5 Å². The highest BCUT2D eigenvalue weighted by atomic mass is 16.7. The van der Waals surface area contributed by atoms with E-state index in [0.29, 0.717) is 6.79 Å². The Labute approximate surface area is 177 Å². The van der Waals surface area contributed by atoms with E-state index in [9.17, 15) is 0 Å². The molecular formula is C22H30N4O4. The Hall–Kier alpha value is -2.71. The van der Waals surface area contributed by atoms with Gasteiger partial charge >= 0.3 is 0 Å². The molecule has 2 aliphatic rings. The number of nitrogens with one attached hydrogen (secondary N) is 2. The number of ether oxygens (including phenoxy) is 3. The summed E-state index contributed by atoms with van der Waals surface area (Å²) in [6, 6.07) is 10.00. The number of rotatable bonds is 9. The van der Waals surface area contributed by atoms with Crippen molar-refractivity contribution in [1.82, 2.24) is 15.5 Å². The number of hydrogen-bond donors (Lipinski definition) is 2. The van der Waals surface area contributed by atoms with Gasteiger partial charge in [-0.2, -0.15) is 0 Å². The summed E-state index contributed by atoms with van der Waals surface area (Å²) in [5.74, 6) is 3.44. The minimum absolute atomic E-state index is 0.302. The predicted octanol–water partition coefficient (Wildman–Crippen LogP) is 1.66. The van der Waals surface area contributed by atoms with Crippen LogP contribution < -0.4 is 20.1 Å². The molecule has 1 aromatic heterocycles. The summed E-state index contributed by atoms with van der Waals surface area (Å²) in [7, 11) is 0. The highest BCUT2D eigenvalue weighted by Crippen LogP contribution is 2.32. The van der Waals surface area contributed by atoms with Crippen molar-refractivity contribution in [1.29, 1.82) is 0 Å². The molecule has 8 nitrogen and oxygen atoms in total. The van der Waals surface area contributed by atoms with Crippen molar-refractivity contribution < 1.29 is 18.6 Å². The van der Waals surface area contributed by atoms with Crippen LogP contribution in [0.2, 0.25) is 0 Å². The van der Waals surface area contributed by atoms with Crippen molar-refractivity contribution in [3.8, 4) is 11.5 Å². The van der Waals surface area contributed by atoms with Gasteiger partial charge in [0.2, 0.25) is 6.79 Å².